The molecule has 16 heteroatoms. The minimum absolute atomic E-state index is 0.0343. The van der Waals surface area contributed by atoms with Crippen LogP contribution in [0.25, 0.3) is 0 Å². The van der Waals surface area contributed by atoms with E-state index in [9.17, 15) is 24.0 Å². The average molecular weight is 679 g/mol. The summed E-state index contributed by atoms with van der Waals surface area (Å²) in [5, 5.41) is 16.4. The molecule has 8 N–H and O–H groups in total. The van der Waals surface area contributed by atoms with Crippen molar-refractivity contribution in [2.24, 2.45) is 5.73 Å². The van der Waals surface area contributed by atoms with Crippen LogP contribution in [-0.4, -0.2) is 81.7 Å². The largest absolute Gasteiger partial charge is 0.368 e. The molecule has 2 heterocycles. The number of carbonyl (C=O) groups is 5. The van der Waals surface area contributed by atoms with Crippen molar-refractivity contribution in [2.75, 3.05) is 23.7 Å². The summed E-state index contributed by atoms with van der Waals surface area (Å²) in [7, 11) is 0. The number of aromatic nitrogens is 3. The number of amides is 5. The molecular weight excluding hydrogens is 640 g/mol. The molecule has 0 radical (unpaired) electrons. The van der Waals surface area contributed by atoms with Crippen molar-refractivity contribution in [3.63, 3.8) is 0 Å². The highest BCUT2D eigenvalue weighted by atomic mass is 35.5. The molecule has 0 fully saturated rings. The Labute approximate surface area is 282 Å². The van der Waals surface area contributed by atoms with E-state index in [1.165, 1.54) is 6.92 Å². The number of nitrogens with one attached hydrogen (secondary N) is 6. The Morgan fingerprint density at radius 3 is 1.98 bits per heavy atom. The van der Waals surface area contributed by atoms with E-state index in [1.54, 1.807) is 24.3 Å². The lowest BCUT2D eigenvalue weighted by Gasteiger charge is -2.24. The maximum absolute atomic E-state index is 13.4. The van der Waals surface area contributed by atoms with Gasteiger partial charge in [0.1, 0.15) is 24.2 Å². The summed E-state index contributed by atoms with van der Waals surface area (Å²) in [6, 6.07) is 14.2. The van der Waals surface area contributed by atoms with Crippen LogP contribution in [0.1, 0.15) is 37.3 Å². The van der Waals surface area contributed by atoms with E-state index in [0.29, 0.717) is 19.4 Å². The lowest BCUT2D eigenvalue weighted by Crippen LogP contribution is -2.57. The van der Waals surface area contributed by atoms with Gasteiger partial charge in [0.25, 0.3) is 0 Å². The molecule has 4 atom stereocenters. The SMILES string of the molecule is C[C@@H]1NC(=O)CNC(=O)[C@H](Cc2ccccc2)Nc2nc(Cl)nc(n2)NCCCCC(C(N)=O)NC(=O)[C@H](Cc2ccccc2)NC1=O. The second-order valence-corrected chi connectivity index (χ2v) is 11.6. The fourth-order valence-corrected chi connectivity index (χ4v) is 5.10. The summed E-state index contributed by atoms with van der Waals surface area (Å²) in [6.07, 6.45) is 1.62. The summed E-state index contributed by atoms with van der Waals surface area (Å²) in [5.74, 6) is -2.93. The highest BCUT2D eigenvalue weighted by molar-refractivity contribution is 6.28. The van der Waals surface area contributed by atoms with Crippen LogP contribution in [0.3, 0.4) is 0 Å². The Hall–Kier alpha value is -5.31. The van der Waals surface area contributed by atoms with Crippen LogP contribution in [0, 0.1) is 0 Å². The van der Waals surface area contributed by atoms with Crippen molar-refractivity contribution < 1.29 is 24.0 Å². The summed E-state index contributed by atoms with van der Waals surface area (Å²) in [5.41, 5.74) is 7.22. The van der Waals surface area contributed by atoms with Gasteiger partial charge in [0.15, 0.2) is 0 Å². The number of nitrogens with two attached hydrogens (primary N) is 1. The highest BCUT2D eigenvalue weighted by Crippen LogP contribution is 2.14. The monoisotopic (exact) mass is 678 g/mol. The van der Waals surface area contributed by atoms with Gasteiger partial charge in [0.2, 0.25) is 46.7 Å². The van der Waals surface area contributed by atoms with Gasteiger partial charge in [-0.25, -0.2) is 0 Å². The number of fused-ring (bicyclic) bond motifs is 2. The van der Waals surface area contributed by atoms with Crippen molar-refractivity contribution >= 4 is 53.0 Å². The molecule has 0 saturated carbocycles. The van der Waals surface area contributed by atoms with Crippen LogP contribution >= 0.6 is 11.6 Å². The third-order valence-electron chi connectivity index (χ3n) is 7.48. The molecule has 15 nitrogen and oxygen atoms in total. The van der Waals surface area contributed by atoms with E-state index in [1.807, 2.05) is 36.4 Å². The van der Waals surface area contributed by atoms with E-state index < -0.39 is 60.2 Å². The molecule has 2 aromatic carbocycles. The van der Waals surface area contributed by atoms with Gasteiger partial charge in [-0.05, 0) is 48.9 Å². The van der Waals surface area contributed by atoms with Crippen LogP contribution in [0.15, 0.2) is 60.7 Å². The predicted octanol–water partition coefficient (Wildman–Crippen LogP) is 0.463. The van der Waals surface area contributed by atoms with Crippen LogP contribution in [0.4, 0.5) is 11.9 Å². The van der Waals surface area contributed by atoms with Gasteiger partial charge in [0.05, 0.1) is 6.54 Å². The fraction of sp³-hybridized carbons (Fsp3) is 0.375. The average Bonchev–Trinajstić information content (AvgIpc) is 3.06. The molecule has 2 bridgehead atoms. The summed E-state index contributed by atoms with van der Waals surface area (Å²) in [4.78, 5) is 77.5. The van der Waals surface area contributed by atoms with E-state index in [0.717, 1.165) is 11.1 Å². The first kappa shape index (κ1) is 35.5. The molecule has 5 amide bonds. The van der Waals surface area contributed by atoms with E-state index in [2.05, 4.69) is 46.9 Å². The number of hydrogen-bond donors (Lipinski definition) is 7. The molecule has 4 rings (SSSR count). The minimum Gasteiger partial charge on any atom is -0.368 e. The summed E-state index contributed by atoms with van der Waals surface area (Å²) >= 11 is 6.16. The van der Waals surface area contributed by atoms with E-state index in [4.69, 9.17) is 17.3 Å². The van der Waals surface area contributed by atoms with Crippen LogP contribution in [-0.2, 0) is 36.8 Å². The first-order chi connectivity index (χ1) is 23.1. The maximum Gasteiger partial charge on any atom is 0.243 e. The van der Waals surface area contributed by atoms with Gasteiger partial charge in [-0.15, -0.1) is 0 Å². The first-order valence-corrected chi connectivity index (χ1v) is 15.9. The van der Waals surface area contributed by atoms with Crippen LogP contribution in [0.5, 0.6) is 0 Å². The first-order valence-electron chi connectivity index (χ1n) is 15.5. The van der Waals surface area contributed by atoms with Crippen molar-refractivity contribution in [1.82, 2.24) is 36.2 Å². The third-order valence-corrected chi connectivity index (χ3v) is 7.65. The lowest BCUT2D eigenvalue weighted by molar-refractivity contribution is -0.133. The second-order valence-electron chi connectivity index (χ2n) is 11.3. The van der Waals surface area contributed by atoms with Gasteiger partial charge >= 0.3 is 0 Å². The lowest BCUT2D eigenvalue weighted by atomic mass is 10.0. The van der Waals surface area contributed by atoms with Crippen molar-refractivity contribution in [1.29, 1.82) is 0 Å². The zero-order chi connectivity index (χ0) is 34.5. The third kappa shape index (κ3) is 11.2. The molecule has 1 aromatic heterocycles. The smallest absolute Gasteiger partial charge is 0.243 e. The molecule has 1 aliphatic heterocycles. The van der Waals surface area contributed by atoms with Crippen molar-refractivity contribution in [3.05, 3.63) is 77.1 Å². The predicted molar refractivity (Wildman–Crippen MR) is 179 cm³/mol. The molecule has 0 aliphatic carbocycles. The van der Waals surface area contributed by atoms with E-state index >= 15 is 0 Å². The van der Waals surface area contributed by atoms with Gasteiger partial charge in [-0.1, -0.05) is 60.7 Å². The minimum atomic E-state index is -1.08. The number of benzene rings is 2. The highest BCUT2D eigenvalue weighted by Gasteiger charge is 2.28. The number of halogens is 1. The van der Waals surface area contributed by atoms with E-state index in [-0.39, 0.29) is 36.4 Å². The standard InChI is InChI=1S/C32H39ClN10O5/c1-19-27(46)39-24(17-21-12-6-3-7-13-21)29(48)38-22(26(34)45)14-8-9-15-35-31-41-30(33)42-32(43-31)40-23(16-20-10-4-2-5-11-20)28(47)36-18-25(44)37-19/h2-7,10-13,19,22-24H,8-9,14-18H2,1H3,(H2,34,45)(H,36,47)(H,37,44)(H,38,48)(H,39,46)(H2,35,40,41,42,43)/t19-,22?,23-,24-/m0/s1. The zero-order valence-corrected chi connectivity index (χ0v) is 27.1. The quantitative estimate of drug-likeness (QED) is 0.198. The molecule has 1 aliphatic rings. The topological polar surface area (TPSA) is 222 Å². The fourth-order valence-electron chi connectivity index (χ4n) is 4.94. The number of hydrogen-bond acceptors (Lipinski definition) is 10. The van der Waals surface area contributed by atoms with Crippen LogP contribution < -0.4 is 37.6 Å². The number of nitrogens with zero attached hydrogens (tertiary/aromatic N) is 3. The Bertz CT molecular complexity index is 1580. The summed E-state index contributed by atoms with van der Waals surface area (Å²) in [6.45, 7) is 1.39. The zero-order valence-electron chi connectivity index (χ0n) is 26.4. The number of rotatable bonds is 5. The Morgan fingerprint density at radius 2 is 1.35 bits per heavy atom. The molecule has 48 heavy (non-hydrogen) atoms. The second kappa shape index (κ2) is 17.6. The molecule has 3 aromatic rings. The van der Waals surface area contributed by atoms with Gasteiger partial charge in [0, 0.05) is 19.4 Å². The molecule has 0 spiro atoms. The van der Waals surface area contributed by atoms with Gasteiger partial charge in [-0.3, -0.25) is 24.0 Å². The van der Waals surface area contributed by atoms with Gasteiger partial charge in [-0.2, -0.15) is 15.0 Å². The number of anilines is 2. The Morgan fingerprint density at radius 1 is 0.750 bits per heavy atom. The number of carbonyl (C=O) groups excluding carboxylic acids is 5. The normalized spacial score (nSPS) is 21.8. The molecule has 254 valence electrons. The molecular formula is C32H39ClN10O5. The maximum atomic E-state index is 13.4. The van der Waals surface area contributed by atoms with Crippen molar-refractivity contribution in [2.45, 2.75) is 63.2 Å². The Kier molecular flexibility index (Phi) is 13.0. The molecule has 0 saturated heterocycles. The van der Waals surface area contributed by atoms with Gasteiger partial charge < -0.3 is 37.6 Å². The van der Waals surface area contributed by atoms with Crippen molar-refractivity contribution in [3.8, 4) is 0 Å². The Balaban J connectivity index is 1.56. The van der Waals surface area contributed by atoms with Crippen LogP contribution in [0.2, 0.25) is 5.28 Å². The number of primary amides is 1. The molecule has 1 unspecified atom stereocenters. The summed E-state index contributed by atoms with van der Waals surface area (Å²) < 4.78 is 0.